The van der Waals surface area contributed by atoms with Crippen molar-refractivity contribution in [2.45, 2.75) is 72.8 Å². The summed E-state index contributed by atoms with van der Waals surface area (Å²) in [7, 11) is 1.38. The summed E-state index contributed by atoms with van der Waals surface area (Å²) in [6.45, 7) is 13.4. The predicted molar refractivity (Wildman–Crippen MR) is 170 cm³/mol. The Balaban J connectivity index is 1.61. The van der Waals surface area contributed by atoms with Crippen LogP contribution in [0.5, 0.6) is 0 Å². The number of amides is 1. The van der Waals surface area contributed by atoms with E-state index >= 15 is 0 Å². The molecule has 2 aromatic carbocycles. The second kappa shape index (κ2) is 15.2. The largest absolute Gasteiger partial charge is 0.465 e. The number of methoxy groups -OCH3 is 1. The first-order valence-corrected chi connectivity index (χ1v) is 15.7. The van der Waals surface area contributed by atoms with Gasteiger partial charge in [0.2, 0.25) is 5.95 Å². The molecule has 0 aliphatic carbocycles. The number of aryl methyl sites for hydroxylation is 1. The number of hydrogen-bond donors (Lipinski definition) is 2. The van der Waals surface area contributed by atoms with Crippen LogP contribution in [-0.4, -0.2) is 59.6 Å². The summed E-state index contributed by atoms with van der Waals surface area (Å²) in [5.74, 6) is 2.29. The SMILES string of the molecule is COC(=O)c1ccc(Nc2nc3ccc(C(=O)N(CCC(C)C)CCC(C)C)cc3n2CCCC2CCNCC2)cc1. The number of esters is 1. The molecular formula is C34H49N5O3. The van der Waals surface area contributed by atoms with Crippen LogP contribution in [0, 0.1) is 17.8 Å². The molecule has 2 heterocycles. The van der Waals surface area contributed by atoms with Crippen LogP contribution in [0.3, 0.4) is 0 Å². The van der Waals surface area contributed by atoms with Crippen LogP contribution < -0.4 is 10.6 Å². The number of aromatic nitrogens is 2. The predicted octanol–water partition coefficient (Wildman–Crippen LogP) is 6.88. The number of ether oxygens (including phenoxy) is 1. The van der Waals surface area contributed by atoms with Gasteiger partial charge < -0.3 is 24.8 Å². The lowest BCUT2D eigenvalue weighted by Crippen LogP contribution is -2.34. The maximum absolute atomic E-state index is 13.8. The number of anilines is 2. The Hall–Kier alpha value is -3.39. The van der Waals surface area contributed by atoms with Crippen LogP contribution in [0.25, 0.3) is 11.0 Å². The van der Waals surface area contributed by atoms with Crippen LogP contribution in [0.4, 0.5) is 11.6 Å². The fraction of sp³-hybridized carbons (Fsp3) is 0.559. The van der Waals surface area contributed by atoms with Crippen LogP contribution in [0.1, 0.15) is 86.9 Å². The molecule has 1 aliphatic rings. The van der Waals surface area contributed by atoms with Crippen molar-refractivity contribution in [2.24, 2.45) is 17.8 Å². The van der Waals surface area contributed by atoms with Gasteiger partial charge in [-0.05, 0) is 112 Å². The summed E-state index contributed by atoms with van der Waals surface area (Å²) >= 11 is 0. The maximum Gasteiger partial charge on any atom is 0.337 e. The van der Waals surface area contributed by atoms with Crippen molar-refractivity contribution in [3.05, 3.63) is 53.6 Å². The molecule has 0 bridgehead atoms. The molecule has 42 heavy (non-hydrogen) atoms. The third kappa shape index (κ3) is 8.57. The third-order valence-electron chi connectivity index (χ3n) is 8.25. The molecule has 0 radical (unpaired) electrons. The fourth-order valence-corrected chi connectivity index (χ4v) is 5.55. The van der Waals surface area contributed by atoms with Crippen molar-refractivity contribution in [3.8, 4) is 0 Å². The Morgan fingerprint density at radius 3 is 2.26 bits per heavy atom. The zero-order chi connectivity index (χ0) is 30.1. The zero-order valence-electron chi connectivity index (χ0n) is 26.1. The van der Waals surface area contributed by atoms with Gasteiger partial charge in [-0.1, -0.05) is 27.7 Å². The summed E-state index contributed by atoms with van der Waals surface area (Å²) in [5.41, 5.74) is 3.87. The first kappa shape index (κ1) is 31.5. The molecule has 3 aromatic rings. The molecule has 0 atom stereocenters. The number of rotatable bonds is 14. The van der Waals surface area contributed by atoms with Gasteiger partial charge in [0, 0.05) is 30.9 Å². The van der Waals surface area contributed by atoms with Gasteiger partial charge in [-0.3, -0.25) is 4.79 Å². The number of carbonyl (C=O) groups excluding carboxylic acids is 2. The fourth-order valence-electron chi connectivity index (χ4n) is 5.55. The molecular weight excluding hydrogens is 526 g/mol. The molecule has 8 nitrogen and oxygen atoms in total. The molecule has 1 saturated heterocycles. The Labute approximate surface area is 251 Å². The van der Waals surface area contributed by atoms with Crippen molar-refractivity contribution >= 4 is 34.5 Å². The summed E-state index contributed by atoms with van der Waals surface area (Å²) < 4.78 is 7.05. The number of piperidine rings is 1. The Morgan fingerprint density at radius 2 is 1.64 bits per heavy atom. The van der Waals surface area contributed by atoms with Gasteiger partial charge in [0.05, 0.1) is 23.7 Å². The molecule has 1 amide bonds. The highest BCUT2D eigenvalue weighted by molar-refractivity contribution is 5.98. The quantitative estimate of drug-likeness (QED) is 0.204. The summed E-state index contributed by atoms with van der Waals surface area (Å²) in [5, 5.41) is 6.93. The molecule has 2 N–H and O–H groups in total. The lowest BCUT2D eigenvalue weighted by Gasteiger charge is -2.25. The standard InChI is InChI=1S/C34H49N5O3/c1-24(2)16-21-38(22-17-25(3)4)32(40)28-10-13-30-31(23-28)39(20-6-7-26-14-18-35-19-15-26)34(37-30)36-29-11-8-27(9-12-29)33(41)42-5/h8-13,23-26,35H,6-7,14-22H2,1-5H3,(H,36,37). The minimum Gasteiger partial charge on any atom is -0.465 e. The van der Waals surface area contributed by atoms with E-state index in [0.717, 1.165) is 80.6 Å². The Bertz CT molecular complexity index is 1300. The number of imidazole rings is 1. The van der Waals surface area contributed by atoms with E-state index in [1.54, 1.807) is 12.1 Å². The van der Waals surface area contributed by atoms with Crippen LogP contribution in [0.2, 0.25) is 0 Å². The molecule has 1 fully saturated rings. The van der Waals surface area contributed by atoms with Gasteiger partial charge in [-0.25, -0.2) is 9.78 Å². The minimum atomic E-state index is -0.361. The highest BCUT2D eigenvalue weighted by atomic mass is 16.5. The van der Waals surface area contributed by atoms with E-state index in [1.165, 1.54) is 26.4 Å². The number of hydrogen-bond acceptors (Lipinski definition) is 6. The maximum atomic E-state index is 13.8. The highest BCUT2D eigenvalue weighted by Crippen LogP contribution is 2.27. The molecule has 0 saturated carbocycles. The van der Waals surface area contributed by atoms with Crippen molar-refractivity contribution < 1.29 is 14.3 Å². The minimum absolute atomic E-state index is 0.0913. The van der Waals surface area contributed by atoms with Gasteiger partial charge in [0.1, 0.15) is 0 Å². The monoisotopic (exact) mass is 575 g/mol. The molecule has 228 valence electrons. The van der Waals surface area contributed by atoms with Crippen LogP contribution >= 0.6 is 0 Å². The van der Waals surface area contributed by atoms with E-state index < -0.39 is 0 Å². The highest BCUT2D eigenvalue weighted by Gasteiger charge is 2.20. The molecule has 1 aromatic heterocycles. The van der Waals surface area contributed by atoms with Gasteiger partial charge >= 0.3 is 5.97 Å². The number of benzene rings is 2. The molecule has 0 spiro atoms. The Kier molecular flexibility index (Phi) is 11.4. The van der Waals surface area contributed by atoms with E-state index in [-0.39, 0.29) is 11.9 Å². The Morgan fingerprint density at radius 1 is 1.00 bits per heavy atom. The van der Waals surface area contributed by atoms with E-state index in [1.807, 2.05) is 35.2 Å². The first-order chi connectivity index (χ1) is 20.2. The smallest absolute Gasteiger partial charge is 0.337 e. The van der Waals surface area contributed by atoms with Gasteiger partial charge in [-0.15, -0.1) is 0 Å². The molecule has 1 aliphatic heterocycles. The van der Waals surface area contributed by atoms with Gasteiger partial charge in [0.25, 0.3) is 5.91 Å². The van der Waals surface area contributed by atoms with E-state index in [9.17, 15) is 9.59 Å². The molecule has 0 unspecified atom stereocenters. The zero-order valence-corrected chi connectivity index (χ0v) is 26.1. The topological polar surface area (TPSA) is 88.5 Å². The first-order valence-electron chi connectivity index (χ1n) is 15.7. The second-order valence-electron chi connectivity index (χ2n) is 12.5. The normalized spacial score (nSPS) is 14.1. The lowest BCUT2D eigenvalue weighted by atomic mass is 9.93. The van der Waals surface area contributed by atoms with Crippen LogP contribution in [0.15, 0.2) is 42.5 Å². The number of nitrogens with one attached hydrogen (secondary N) is 2. The average Bonchev–Trinajstić information content (AvgIpc) is 3.33. The van der Waals surface area contributed by atoms with Crippen molar-refractivity contribution in [2.75, 3.05) is 38.6 Å². The van der Waals surface area contributed by atoms with Crippen molar-refractivity contribution in [1.82, 2.24) is 19.8 Å². The van der Waals surface area contributed by atoms with Gasteiger partial charge in [-0.2, -0.15) is 0 Å². The van der Waals surface area contributed by atoms with Crippen molar-refractivity contribution in [1.29, 1.82) is 0 Å². The van der Waals surface area contributed by atoms with E-state index in [0.29, 0.717) is 23.0 Å². The average molecular weight is 576 g/mol. The van der Waals surface area contributed by atoms with E-state index in [2.05, 4.69) is 42.9 Å². The van der Waals surface area contributed by atoms with Crippen molar-refractivity contribution in [3.63, 3.8) is 0 Å². The van der Waals surface area contributed by atoms with E-state index in [4.69, 9.17) is 9.72 Å². The number of carbonyl (C=O) groups is 2. The summed E-state index contributed by atoms with van der Waals surface area (Å²) in [6, 6.07) is 13.1. The second-order valence-corrected chi connectivity index (χ2v) is 12.5. The lowest BCUT2D eigenvalue weighted by molar-refractivity contribution is 0.0600. The molecule has 8 heteroatoms. The number of nitrogens with zero attached hydrogens (tertiary/aromatic N) is 3. The van der Waals surface area contributed by atoms with Crippen LogP contribution in [-0.2, 0) is 11.3 Å². The summed E-state index contributed by atoms with van der Waals surface area (Å²) in [6.07, 6.45) is 6.64. The third-order valence-corrected chi connectivity index (χ3v) is 8.25. The molecule has 4 rings (SSSR count). The number of fused-ring (bicyclic) bond motifs is 1. The summed E-state index contributed by atoms with van der Waals surface area (Å²) in [4.78, 5) is 32.6. The van der Waals surface area contributed by atoms with Gasteiger partial charge in [0.15, 0.2) is 0 Å².